The van der Waals surface area contributed by atoms with E-state index in [2.05, 4.69) is 60.2 Å². The van der Waals surface area contributed by atoms with Crippen LogP contribution in [0.4, 0.5) is 0 Å². The highest BCUT2D eigenvalue weighted by Crippen LogP contribution is 2.19. The van der Waals surface area contributed by atoms with Gasteiger partial charge in [0.15, 0.2) is 5.96 Å². The summed E-state index contributed by atoms with van der Waals surface area (Å²) in [6.45, 7) is 16.0. The van der Waals surface area contributed by atoms with E-state index in [9.17, 15) is 0 Å². The summed E-state index contributed by atoms with van der Waals surface area (Å²) in [6, 6.07) is 1.16. The molecular formula is C21H46IN5O. The first-order valence-corrected chi connectivity index (χ1v) is 11.0. The van der Waals surface area contributed by atoms with Crippen LogP contribution in [0.2, 0.25) is 0 Å². The Bertz CT molecular complexity index is 398. The molecule has 0 aromatic heterocycles. The third kappa shape index (κ3) is 10.6. The first-order chi connectivity index (χ1) is 13.0. The molecule has 1 fully saturated rings. The lowest BCUT2D eigenvalue weighted by molar-refractivity contribution is 0.00272. The monoisotopic (exact) mass is 511 g/mol. The van der Waals surface area contributed by atoms with Crippen molar-refractivity contribution in [2.24, 2.45) is 10.9 Å². The second-order valence-corrected chi connectivity index (χ2v) is 7.95. The number of unbranched alkanes of at least 4 members (excludes halogenated alkanes) is 1. The van der Waals surface area contributed by atoms with E-state index in [1.54, 1.807) is 0 Å². The van der Waals surface area contributed by atoms with E-state index in [1.165, 1.54) is 19.3 Å². The van der Waals surface area contributed by atoms with Gasteiger partial charge >= 0.3 is 0 Å². The highest BCUT2D eigenvalue weighted by Gasteiger charge is 2.26. The van der Waals surface area contributed by atoms with E-state index in [1.807, 2.05) is 7.05 Å². The molecule has 0 aliphatic carbocycles. The zero-order valence-electron chi connectivity index (χ0n) is 19.2. The third-order valence-corrected chi connectivity index (χ3v) is 5.92. The van der Waals surface area contributed by atoms with Gasteiger partial charge in [-0.25, -0.2) is 0 Å². The van der Waals surface area contributed by atoms with Crippen LogP contribution >= 0.6 is 24.0 Å². The van der Waals surface area contributed by atoms with Gasteiger partial charge in [-0.05, 0) is 46.2 Å². The van der Waals surface area contributed by atoms with E-state index in [-0.39, 0.29) is 24.0 Å². The van der Waals surface area contributed by atoms with E-state index < -0.39 is 0 Å². The molecule has 1 aliphatic rings. The first-order valence-electron chi connectivity index (χ1n) is 11.0. The predicted octanol–water partition coefficient (Wildman–Crippen LogP) is 3.03. The summed E-state index contributed by atoms with van der Waals surface area (Å²) in [5, 5.41) is 7.06. The van der Waals surface area contributed by atoms with Crippen molar-refractivity contribution in [3.05, 3.63) is 0 Å². The van der Waals surface area contributed by atoms with Crippen LogP contribution in [-0.2, 0) is 4.74 Å². The average Bonchev–Trinajstić information content (AvgIpc) is 2.69. The average molecular weight is 512 g/mol. The molecule has 7 heteroatoms. The van der Waals surface area contributed by atoms with Crippen LogP contribution in [0.3, 0.4) is 0 Å². The molecule has 1 unspecified atom stereocenters. The van der Waals surface area contributed by atoms with Gasteiger partial charge in [-0.15, -0.1) is 24.0 Å². The molecule has 168 valence electrons. The Morgan fingerprint density at radius 1 is 1.11 bits per heavy atom. The number of rotatable bonds is 12. The molecule has 0 aromatic carbocycles. The Morgan fingerprint density at radius 2 is 1.75 bits per heavy atom. The van der Waals surface area contributed by atoms with Crippen LogP contribution in [0.5, 0.6) is 0 Å². The van der Waals surface area contributed by atoms with Gasteiger partial charge in [-0.1, -0.05) is 26.7 Å². The van der Waals surface area contributed by atoms with Crippen molar-refractivity contribution < 1.29 is 4.74 Å². The lowest BCUT2D eigenvalue weighted by Gasteiger charge is -2.39. The van der Waals surface area contributed by atoms with E-state index >= 15 is 0 Å². The number of morpholine rings is 1. The van der Waals surface area contributed by atoms with Gasteiger partial charge in [0.2, 0.25) is 0 Å². The van der Waals surface area contributed by atoms with Crippen LogP contribution in [-0.4, -0.2) is 87.9 Å². The number of ether oxygens (including phenoxy) is 1. The van der Waals surface area contributed by atoms with E-state index in [0.29, 0.717) is 18.0 Å². The minimum absolute atomic E-state index is 0. The van der Waals surface area contributed by atoms with Crippen molar-refractivity contribution in [2.75, 3.05) is 60.0 Å². The van der Waals surface area contributed by atoms with E-state index in [0.717, 1.165) is 58.3 Å². The Balaban J connectivity index is 0.00000729. The minimum Gasteiger partial charge on any atom is -0.379 e. The Hall–Kier alpha value is -0.120. The summed E-state index contributed by atoms with van der Waals surface area (Å²) in [5.74, 6) is 1.64. The topological polar surface area (TPSA) is 52.1 Å². The van der Waals surface area contributed by atoms with Crippen molar-refractivity contribution in [1.29, 1.82) is 0 Å². The molecule has 0 spiro atoms. The summed E-state index contributed by atoms with van der Waals surface area (Å²) in [6.07, 6.45) is 4.81. The molecule has 0 aromatic rings. The molecule has 0 radical (unpaired) electrons. The summed E-state index contributed by atoms with van der Waals surface area (Å²) in [4.78, 5) is 9.42. The number of hydrogen-bond donors (Lipinski definition) is 2. The molecule has 28 heavy (non-hydrogen) atoms. The maximum Gasteiger partial charge on any atom is 0.191 e. The number of guanidine groups is 1. The fourth-order valence-corrected chi connectivity index (χ4v) is 3.71. The number of nitrogens with one attached hydrogen (secondary N) is 2. The van der Waals surface area contributed by atoms with Crippen molar-refractivity contribution in [3.63, 3.8) is 0 Å². The molecule has 1 aliphatic heterocycles. The Morgan fingerprint density at radius 3 is 2.29 bits per heavy atom. The second kappa shape index (κ2) is 16.7. The standard InChI is InChI=1S/C21H45N5O.HI/c1-7-19(8-2)20(26-13-15-27-16-14-26)17-24-21(22-5)23-11-9-10-12-25(6)18(3)4;/h18-20H,7-17H2,1-6H3,(H2,22,23,24);1H. The highest BCUT2D eigenvalue weighted by atomic mass is 127. The fraction of sp³-hybridized carbons (Fsp3) is 0.952. The number of aliphatic imine (C=N–C) groups is 1. The lowest BCUT2D eigenvalue weighted by Crippen LogP contribution is -2.53. The zero-order valence-corrected chi connectivity index (χ0v) is 21.5. The predicted molar refractivity (Wildman–Crippen MR) is 132 cm³/mol. The van der Waals surface area contributed by atoms with Crippen LogP contribution < -0.4 is 10.6 Å². The lowest BCUT2D eigenvalue weighted by atomic mass is 9.92. The van der Waals surface area contributed by atoms with Crippen molar-refractivity contribution in [1.82, 2.24) is 20.4 Å². The van der Waals surface area contributed by atoms with Crippen LogP contribution in [0.25, 0.3) is 0 Å². The van der Waals surface area contributed by atoms with E-state index in [4.69, 9.17) is 4.74 Å². The fourth-order valence-electron chi connectivity index (χ4n) is 3.71. The summed E-state index contributed by atoms with van der Waals surface area (Å²) >= 11 is 0. The first kappa shape index (κ1) is 27.9. The van der Waals surface area contributed by atoms with Gasteiger partial charge in [0.05, 0.1) is 13.2 Å². The maximum absolute atomic E-state index is 5.55. The largest absolute Gasteiger partial charge is 0.379 e. The summed E-state index contributed by atoms with van der Waals surface area (Å²) in [7, 11) is 4.06. The van der Waals surface area contributed by atoms with Gasteiger partial charge in [-0.3, -0.25) is 9.89 Å². The number of halogens is 1. The molecule has 0 bridgehead atoms. The molecule has 1 rings (SSSR count). The molecule has 2 N–H and O–H groups in total. The maximum atomic E-state index is 5.55. The summed E-state index contributed by atoms with van der Waals surface area (Å²) < 4.78 is 5.55. The van der Waals surface area contributed by atoms with Gasteiger partial charge < -0.3 is 20.3 Å². The quantitative estimate of drug-likeness (QED) is 0.183. The normalized spacial score (nSPS) is 17.1. The minimum atomic E-state index is 0. The molecule has 6 nitrogen and oxygen atoms in total. The number of hydrogen-bond acceptors (Lipinski definition) is 4. The third-order valence-electron chi connectivity index (χ3n) is 5.92. The highest BCUT2D eigenvalue weighted by molar-refractivity contribution is 14.0. The van der Waals surface area contributed by atoms with Gasteiger partial charge in [-0.2, -0.15) is 0 Å². The molecular weight excluding hydrogens is 465 g/mol. The Kier molecular flexibility index (Phi) is 16.6. The zero-order chi connectivity index (χ0) is 20.1. The van der Waals surface area contributed by atoms with Crippen molar-refractivity contribution >= 4 is 29.9 Å². The van der Waals surface area contributed by atoms with Gasteiger partial charge in [0.1, 0.15) is 0 Å². The molecule has 1 heterocycles. The molecule has 0 amide bonds. The van der Waals surface area contributed by atoms with Crippen LogP contribution in [0, 0.1) is 5.92 Å². The molecule has 1 saturated heterocycles. The Labute approximate surface area is 191 Å². The van der Waals surface area contributed by atoms with Crippen molar-refractivity contribution in [2.45, 2.75) is 65.5 Å². The van der Waals surface area contributed by atoms with Gasteiger partial charge in [0.25, 0.3) is 0 Å². The van der Waals surface area contributed by atoms with Crippen LogP contribution in [0.15, 0.2) is 4.99 Å². The SMILES string of the molecule is CCC(CC)C(CNC(=NC)NCCCCN(C)C(C)C)N1CCOCC1.I. The van der Waals surface area contributed by atoms with Crippen LogP contribution in [0.1, 0.15) is 53.4 Å². The molecule has 1 atom stereocenters. The molecule has 0 saturated carbocycles. The van der Waals surface area contributed by atoms with Gasteiger partial charge in [0, 0.05) is 45.3 Å². The van der Waals surface area contributed by atoms with Crippen molar-refractivity contribution in [3.8, 4) is 0 Å². The number of nitrogens with zero attached hydrogens (tertiary/aromatic N) is 3. The summed E-state index contributed by atoms with van der Waals surface area (Å²) in [5.41, 5.74) is 0. The second-order valence-electron chi connectivity index (χ2n) is 7.95. The smallest absolute Gasteiger partial charge is 0.191 e.